The van der Waals surface area contributed by atoms with Gasteiger partial charge in [0.15, 0.2) is 11.8 Å². The quantitative estimate of drug-likeness (QED) is 0.231. The first-order valence-corrected chi connectivity index (χ1v) is 9.23. The Hall–Kier alpha value is -1.68. The van der Waals surface area contributed by atoms with Crippen LogP contribution in [-0.4, -0.2) is 35.8 Å². The minimum Gasteiger partial charge on any atom is -0.371 e. The molecule has 0 spiro atoms. The lowest BCUT2D eigenvalue weighted by atomic mass is 10.1. The van der Waals surface area contributed by atoms with Crippen LogP contribution in [0.4, 0.5) is 0 Å². The van der Waals surface area contributed by atoms with Gasteiger partial charge in [0.05, 0.1) is 0 Å². The first-order valence-electron chi connectivity index (χ1n) is 9.23. The van der Waals surface area contributed by atoms with Crippen molar-refractivity contribution in [1.82, 2.24) is 20.8 Å². The standard InChI is InChI=1S/C19H29N5O2.HI/c1-4-20-19(21-13-9-12-16-10-7-6-8-11-16)22-14-17-23-18(24-26-17)15(3)25-5-2;/h6-8,10-11,15H,4-5,9,12-14H2,1-3H3,(H2,20,21,22);1H. The van der Waals surface area contributed by atoms with Crippen molar-refractivity contribution in [3.8, 4) is 0 Å². The number of guanidine groups is 1. The van der Waals surface area contributed by atoms with Gasteiger partial charge < -0.3 is 19.9 Å². The maximum Gasteiger partial charge on any atom is 0.248 e. The zero-order chi connectivity index (χ0) is 18.6. The summed E-state index contributed by atoms with van der Waals surface area (Å²) in [7, 11) is 0. The van der Waals surface area contributed by atoms with Gasteiger partial charge in [0, 0.05) is 19.7 Å². The normalized spacial score (nSPS) is 12.3. The molecule has 0 bridgehead atoms. The van der Waals surface area contributed by atoms with E-state index in [1.807, 2.05) is 26.8 Å². The van der Waals surface area contributed by atoms with Crippen molar-refractivity contribution in [1.29, 1.82) is 0 Å². The molecule has 0 fully saturated rings. The van der Waals surface area contributed by atoms with Gasteiger partial charge in [0.1, 0.15) is 12.6 Å². The Morgan fingerprint density at radius 1 is 1.22 bits per heavy atom. The molecule has 1 aromatic heterocycles. The van der Waals surface area contributed by atoms with Crippen molar-refractivity contribution in [3.05, 3.63) is 47.6 Å². The first-order chi connectivity index (χ1) is 12.7. The predicted octanol–water partition coefficient (Wildman–Crippen LogP) is 3.47. The lowest BCUT2D eigenvalue weighted by Gasteiger charge is -2.10. The molecular formula is C19H30IN5O2. The van der Waals surface area contributed by atoms with Crippen LogP contribution < -0.4 is 10.6 Å². The topological polar surface area (TPSA) is 84.6 Å². The second-order valence-electron chi connectivity index (χ2n) is 5.85. The molecule has 7 nitrogen and oxygen atoms in total. The molecule has 0 saturated heterocycles. The summed E-state index contributed by atoms with van der Waals surface area (Å²) >= 11 is 0. The summed E-state index contributed by atoms with van der Waals surface area (Å²) in [5.74, 6) is 1.78. The molecule has 150 valence electrons. The second-order valence-corrected chi connectivity index (χ2v) is 5.85. The van der Waals surface area contributed by atoms with E-state index in [-0.39, 0.29) is 30.1 Å². The van der Waals surface area contributed by atoms with E-state index in [1.54, 1.807) is 0 Å². The van der Waals surface area contributed by atoms with Crippen molar-refractivity contribution in [2.45, 2.75) is 46.3 Å². The molecule has 8 heteroatoms. The molecular weight excluding hydrogens is 457 g/mol. The van der Waals surface area contributed by atoms with E-state index < -0.39 is 0 Å². The van der Waals surface area contributed by atoms with E-state index in [0.29, 0.717) is 24.9 Å². The Morgan fingerprint density at radius 3 is 2.70 bits per heavy atom. The maximum absolute atomic E-state index is 5.46. The van der Waals surface area contributed by atoms with Gasteiger partial charge >= 0.3 is 0 Å². The molecule has 0 aliphatic rings. The van der Waals surface area contributed by atoms with Crippen LogP contribution in [0, 0.1) is 0 Å². The number of aliphatic imine (C=N–C) groups is 1. The summed E-state index contributed by atoms with van der Waals surface area (Å²) in [5, 5.41) is 10.5. The number of nitrogens with one attached hydrogen (secondary N) is 2. The third-order valence-corrected chi connectivity index (χ3v) is 3.76. The highest BCUT2D eigenvalue weighted by Gasteiger charge is 2.13. The summed E-state index contributed by atoms with van der Waals surface area (Å²) in [6.45, 7) is 8.46. The maximum atomic E-state index is 5.46. The Morgan fingerprint density at radius 2 is 2.00 bits per heavy atom. The Kier molecular flexibility index (Phi) is 11.7. The van der Waals surface area contributed by atoms with Crippen LogP contribution in [0.1, 0.15) is 50.6 Å². The van der Waals surface area contributed by atoms with Crippen LogP contribution in [0.15, 0.2) is 39.8 Å². The van der Waals surface area contributed by atoms with E-state index in [0.717, 1.165) is 31.9 Å². The lowest BCUT2D eigenvalue weighted by molar-refractivity contribution is 0.0683. The van der Waals surface area contributed by atoms with E-state index in [1.165, 1.54) is 5.56 Å². The Balaban J connectivity index is 0.00000364. The predicted molar refractivity (Wildman–Crippen MR) is 117 cm³/mol. The van der Waals surface area contributed by atoms with Crippen molar-refractivity contribution in [2.75, 3.05) is 19.7 Å². The van der Waals surface area contributed by atoms with E-state index >= 15 is 0 Å². The summed E-state index contributed by atoms with van der Waals surface area (Å²) in [6.07, 6.45) is 1.89. The summed E-state index contributed by atoms with van der Waals surface area (Å²) in [5.41, 5.74) is 1.35. The summed E-state index contributed by atoms with van der Waals surface area (Å²) in [6, 6.07) is 10.5. The Labute approximate surface area is 178 Å². The van der Waals surface area contributed by atoms with Gasteiger partial charge in [-0.15, -0.1) is 24.0 Å². The molecule has 0 radical (unpaired) electrons. The summed E-state index contributed by atoms with van der Waals surface area (Å²) in [4.78, 5) is 8.84. The van der Waals surface area contributed by atoms with Gasteiger partial charge in [-0.3, -0.25) is 0 Å². The number of nitrogens with zero attached hydrogens (tertiary/aromatic N) is 3. The van der Waals surface area contributed by atoms with Crippen molar-refractivity contribution in [3.63, 3.8) is 0 Å². The SMILES string of the molecule is CCNC(=NCc1nc(C(C)OCC)no1)NCCCc1ccccc1.I. The number of ether oxygens (including phenoxy) is 1. The minimum absolute atomic E-state index is 0. The van der Waals surface area contributed by atoms with Crippen molar-refractivity contribution >= 4 is 29.9 Å². The molecule has 2 aromatic rings. The van der Waals surface area contributed by atoms with E-state index in [4.69, 9.17) is 9.26 Å². The molecule has 0 saturated carbocycles. The van der Waals surface area contributed by atoms with Crippen molar-refractivity contribution < 1.29 is 9.26 Å². The van der Waals surface area contributed by atoms with Gasteiger partial charge in [-0.2, -0.15) is 4.98 Å². The fraction of sp³-hybridized carbons (Fsp3) is 0.526. The molecule has 1 heterocycles. The molecule has 2 N–H and O–H groups in total. The van der Waals surface area contributed by atoms with Gasteiger partial charge in [0.25, 0.3) is 0 Å². The van der Waals surface area contributed by atoms with Crippen LogP contribution in [-0.2, 0) is 17.7 Å². The molecule has 0 aliphatic heterocycles. The van der Waals surface area contributed by atoms with Crippen LogP contribution in [0.2, 0.25) is 0 Å². The number of rotatable bonds is 10. The fourth-order valence-corrected chi connectivity index (χ4v) is 2.45. The number of benzene rings is 1. The van der Waals surface area contributed by atoms with Crippen molar-refractivity contribution in [2.24, 2.45) is 4.99 Å². The average Bonchev–Trinajstić information content (AvgIpc) is 3.13. The number of aromatic nitrogens is 2. The lowest BCUT2D eigenvalue weighted by Crippen LogP contribution is -2.37. The largest absolute Gasteiger partial charge is 0.371 e. The highest BCUT2D eigenvalue weighted by Crippen LogP contribution is 2.12. The van der Waals surface area contributed by atoms with E-state index in [9.17, 15) is 0 Å². The molecule has 0 amide bonds. The smallest absolute Gasteiger partial charge is 0.248 e. The van der Waals surface area contributed by atoms with Crippen LogP contribution in [0.3, 0.4) is 0 Å². The third kappa shape index (κ3) is 8.70. The summed E-state index contributed by atoms with van der Waals surface area (Å²) < 4.78 is 10.7. The number of hydrogen-bond donors (Lipinski definition) is 2. The van der Waals surface area contributed by atoms with Gasteiger partial charge in [-0.05, 0) is 39.2 Å². The van der Waals surface area contributed by atoms with Crippen LogP contribution in [0.25, 0.3) is 0 Å². The minimum atomic E-state index is -0.175. The monoisotopic (exact) mass is 487 g/mol. The zero-order valence-electron chi connectivity index (χ0n) is 16.3. The van der Waals surface area contributed by atoms with E-state index in [2.05, 4.69) is 50.0 Å². The van der Waals surface area contributed by atoms with Gasteiger partial charge in [0.2, 0.25) is 5.89 Å². The highest BCUT2D eigenvalue weighted by atomic mass is 127. The highest BCUT2D eigenvalue weighted by molar-refractivity contribution is 14.0. The molecule has 1 unspecified atom stereocenters. The third-order valence-electron chi connectivity index (χ3n) is 3.76. The molecule has 27 heavy (non-hydrogen) atoms. The van der Waals surface area contributed by atoms with Gasteiger partial charge in [-0.1, -0.05) is 35.5 Å². The second kappa shape index (κ2) is 13.5. The zero-order valence-corrected chi connectivity index (χ0v) is 18.6. The average molecular weight is 487 g/mol. The number of aryl methyl sites for hydroxylation is 1. The molecule has 0 aliphatic carbocycles. The molecule has 2 rings (SSSR count). The first kappa shape index (κ1) is 23.4. The van der Waals surface area contributed by atoms with Crippen LogP contribution in [0.5, 0.6) is 0 Å². The Bertz CT molecular complexity index is 663. The van der Waals surface area contributed by atoms with Gasteiger partial charge in [-0.25, -0.2) is 4.99 Å². The molecule has 1 aromatic carbocycles. The fourth-order valence-electron chi connectivity index (χ4n) is 2.45. The number of halogens is 1. The molecule has 1 atom stereocenters. The number of hydrogen-bond acceptors (Lipinski definition) is 5. The van der Waals surface area contributed by atoms with Crippen LogP contribution >= 0.6 is 24.0 Å².